The van der Waals surface area contributed by atoms with E-state index in [0.717, 1.165) is 0 Å². The summed E-state index contributed by atoms with van der Waals surface area (Å²) < 4.78 is 49.2. The first-order valence-corrected chi connectivity index (χ1v) is 20.8. The summed E-state index contributed by atoms with van der Waals surface area (Å²) in [6, 6.07) is -0.753. The molecule has 0 aromatic rings. The van der Waals surface area contributed by atoms with E-state index in [1.54, 1.807) is 46.7 Å². The molecule has 0 bridgehead atoms. The lowest BCUT2D eigenvalue weighted by Crippen LogP contribution is -2.66. The highest BCUT2D eigenvalue weighted by Gasteiger charge is 2.53. The van der Waals surface area contributed by atoms with E-state index in [1.807, 2.05) is 34.0 Å². The molecule has 3 rings (SSSR count). The fourth-order valence-corrected chi connectivity index (χ4v) is 8.74. The van der Waals surface area contributed by atoms with Crippen molar-refractivity contribution in [3.8, 4) is 0 Å². The highest BCUT2D eigenvalue weighted by molar-refractivity contribution is 5.72. The van der Waals surface area contributed by atoms with Gasteiger partial charge < -0.3 is 63.0 Å². The van der Waals surface area contributed by atoms with Crippen molar-refractivity contribution >= 4 is 17.9 Å². The lowest BCUT2D eigenvalue weighted by Gasteiger charge is -2.50. The van der Waals surface area contributed by atoms with E-state index in [9.17, 15) is 29.7 Å². The van der Waals surface area contributed by atoms with Crippen LogP contribution in [0.15, 0.2) is 12.2 Å². The molecule has 0 aromatic carbocycles. The number of esters is 3. The van der Waals surface area contributed by atoms with Crippen LogP contribution in [-0.4, -0.2) is 170 Å². The molecular formula is C42H74N2O14. The van der Waals surface area contributed by atoms with Gasteiger partial charge in [0.25, 0.3) is 0 Å². The van der Waals surface area contributed by atoms with Crippen LogP contribution in [-0.2, 0) is 52.3 Å². The number of aliphatic hydroxyl groups excluding tert-OH is 2. The van der Waals surface area contributed by atoms with Crippen molar-refractivity contribution in [3.05, 3.63) is 12.2 Å². The third kappa shape index (κ3) is 13.9. The molecule has 0 spiro atoms. The van der Waals surface area contributed by atoms with E-state index >= 15 is 0 Å². The Morgan fingerprint density at radius 1 is 0.983 bits per heavy atom. The zero-order valence-corrected chi connectivity index (χ0v) is 37.1. The van der Waals surface area contributed by atoms with Crippen molar-refractivity contribution in [2.75, 3.05) is 41.9 Å². The molecule has 0 aromatic heterocycles. The first-order chi connectivity index (χ1) is 27.1. The van der Waals surface area contributed by atoms with Gasteiger partial charge in [-0.25, -0.2) is 0 Å². The number of methoxy groups -OCH3 is 1. The number of cyclic esters (lactones) is 1. The van der Waals surface area contributed by atoms with E-state index in [0.29, 0.717) is 12.8 Å². The first kappa shape index (κ1) is 50.1. The van der Waals surface area contributed by atoms with Crippen molar-refractivity contribution < 1.29 is 67.6 Å². The molecule has 1 unspecified atom stereocenters. The van der Waals surface area contributed by atoms with Gasteiger partial charge in [-0.1, -0.05) is 32.9 Å². The number of aliphatic hydroxyl groups is 3. The molecule has 0 amide bonds. The van der Waals surface area contributed by atoms with Gasteiger partial charge in [0.1, 0.15) is 36.1 Å². The molecule has 336 valence electrons. The van der Waals surface area contributed by atoms with E-state index in [-0.39, 0.29) is 50.2 Å². The van der Waals surface area contributed by atoms with E-state index in [2.05, 4.69) is 17.9 Å². The van der Waals surface area contributed by atoms with Crippen LogP contribution in [0, 0.1) is 17.8 Å². The number of likely N-dealkylation sites (N-methyl/N-ethyl adjacent to an activating group) is 2. The van der Waals surface area contributed by atoms with Gasteiger partial charge in [0.2, 0.25) is 0 Å². The molecule has 16 atom stereocenters. The van der Waals surface area contributed by atoms with Crippen molar-refractivity contribution in [3.63, 3.8) is 0 Å². The quantitative estimate of drug-likeness (QED) is 0.139. The van der Waals surface area contributed by atoms with Crippen molar-refractivity contribution in [1.82, 2.24) is 9.80 Å². The van der Waals surface area contributed by atoms with Crippen LogP contribution in [0.2, 0.25) is 0 Å². The van der Waals surface area contributed by atoms with Gasteiger partial charge in [-0.2, -0.15) is 0 Å². The standard InChI is InChI=1S/C42H74N2O14/c1-23(2)19-32(47)56-40-27(6)53-34(22-42(40,8)50)57-37-26(5)54-41(36(49)35(37)44(11)12)58-38-29(17-18-45)20-24(3)30(43(9)10)16-14-15-25(4)52-33(48)21-31(39(38)51-13)55-28(7)46/h14,16,23-27,29-31,34-41,45,49-50H,15,17-22H2,1-13H3/b16-14+/t24-,25-,26-,27+,29+,30+,31-,34+,35-,36-,37?,38+,39+,40+,41+,42-/m1/s1. The fraction of sp³-hybridized carbons (Fsp3) is 0.881. The lowest BCUT2D eigenvalue weighted by atomic mass is 9.81. The van der Waals surface area contributed by atoms with Crippen LogP contribution in [0.3, 0.4) is 0 Å². The molecule has 3 N–H and O–H groups in total. The summed E-state index contributed by atoms with van der Waals surface area (Å²) in [7, 11) is 8.98. The largest absolute Gasteiger partial charge is 0.462 e. The number of rotatable bonds is 13. The number of carbonyl (C=O) groups excluding carboxylic acids is 3. The number of hydrogen-bond acceptors (Lipinski definition) is 16. The molecule has 0 saturated carbocycles. The second-order valence-corrected chi connectivity index (χ2v) is 17.7. The number of ether oxygens (including phenoxy) is 8. The normalized spacial score (nSPS) is 40.2. The highest BCUT2D eigenvalue weighted by atomic mass is 16.7. The summed E-state index contributed by atoms with van der Waals surface area (Å²) in [5, 5.41) is 34.0. The Bertz CT molecular complexity index is 1330. The average molecular weight is 831 g/mol. The van der Waals surface area contributed by atoms with Gasteiger partial charge in [0.05, 0.1) is 30.8 Å². The smallest absolute Gasteiger partial charge is 0.309 e. The van der Waals surface area contributed by atoms with Gasteiger partial charge in [-0.15, -0.1) is 0 Å². The number of hydrogen-bond donors (Lipinski definition) is 3. The average Bonchev–Trinajstić information content (AvgIpc) is 3.08. The Morgan fingerprint density at radius 2 is 1.66 bits per heavy atom. The van der Waals surface area contributed by atoms with Gasteiger partial charge in [0, 0.05) is 45.9 Å². The summed E-state index contributed by atoms with van der Waals surface area (Å²) in [5.74, 6) is -1.97. The van der Waals surface area contributed by atoms with E-state index in [1.165, 1.54) is 14.0 Å². The zero-order chi connectivity index (χ0) is 43.6. The van der Waals surface area contributed by atoms with E-state index in [4.69, 9.17) is 37.9 Å². The molecule has 0 radical (unpaired) electrons. The van der Waals surface area contributed by atoms with Crippen LogP contribution in [0.4, 0.5) is 0 Å². The molecule has 3 aliphatic heterocycles. The van der Waals surface area contributed by atoms with Crippen molar-refractivity contribution in [2.45, 2.75) is 179 Å². The maximum Gasteiger partial charge on any atom is 0.309 e. The third-order valence-corrected chi connectivity index (χ3v) is 11.4. The Morgan fingerprint density at radius 3 is 2.21 bits per heavy atom. The predicted molar refractivity (Wildman–Crippen MR) is 213 cm³/mol. The fourth-order valence-electron chi connectivity index (χ4n) is 8.74. The Kier molecular flexibility index (Phi) is 19.5. The van der Waals surface area contributed by atoms with Gasteiger partial charge >= 0.3 is 17.9 Å². The van der Waals surface area contributed by atoms with Crippen LogP contribution in [0.25, 0.3) is 0 Å². The minimum Gasteiger partial charge on any atom is -0.462 e. The summed E-state index contributed by atoms with van der Waals surface area (Å²) in [6.07, 6.45) is -5.01. The first-order valence-electron chi connectivity index (χ1n) is 20.8. The molecule has 16 heteroatoms. The SMILES string of the molecule is CO[C@@H]1[C@@H](O[C@@H]2O[C@H](C)C(O[C@H]3C[C@@](C)(O)[C@@H](OC(=O)CC(C)C)[C@H](C)O3)[C@H](N(C)C)[C@H]2O)[C@@H](CCO)C[C@@H](C)[C@@H](N(C)C)/C=C/C[C@@H](C)OC(=O)C[C@H]1OC(C)=O. The van der Waals surface area contributed by atoms with Gasteiger partial charge in [-0.05, 0) is 86.5 Å². The predicted octanol–water partition coefficient (Wildman–Crippen LogP) is 2.82. The lowest BCUT2D eigenvalue weighted by molar-refractivity contribution is -0.344. The van der Waals surface area contributed by atoms with Crippen LogP contribution in [0.5, 0.6) is 0 Å². The topological polar surface area (TPSA) is 192 Å². The molecule has 3 heterocycles. The summed E-state index contributed by atoms with van der Waals surface area (Å²) in [6.45, 7) is 13.9. The minimum atomic E-state index is -1.48. The zero-order valence-electron chi connectivity index (χ0n) is 37.1. The second-order valence-electron chi connectivity index (χ2n) is 17.7. The number of nitrogens with zero attached hydrogens (tertiary/aromatic N) is 2. The Labute approximate surface area is 345 Å². The molecule has 16 nitrogen and oxygen atoms in total. The van der Waals surface area contributed by atoms with Crippen molar-refractivity contribution in [1.29, 1.82) is 0 Å². The highest BCUT2D eigenvalue weighted by Crippen LogP contribution is 2.38. The maximum absolute atomic E-state index is 13.3. The van der Waals surface area contributed by atoms with Crippen molar-refractivity contribution in [2.24, 2.45) is 17.8 Å². The summed E-state index contributed by atoms with van der Waals surface area (Å²) in [5.41, 5.74) is -1.48. The maximum atomic E-state index is 13.3. The van der Waals surface area contributed by atoms with Crippen LogP contribution >= 0.6 is 0 Å². The van der Waals surface area contributed by atoms with Crippen LogP contribution < -0.4 is 0 Å². The second kappa shape index (κ2) is 22.6. The molecule has 0 aliphatic carbocycles. The van der Waals surface area contributed by atoms with Gasteiger partial charge in [-0.3, -0.25) is 14.4 Å². The third-order valence-electron chi connectivity index (χ3n) is 11.4. The van der Waals surface area contributed by atoms with Gasteiger partial charge in [0.15, 0.2) is 18.7 Å². The van der Waals surface area contributed by atoms with Crippen LogP contribution in [0.1, 0.15) is 93.9 Å². The number of carbonyl (C=O) groups is 3. The molecule has 2 fully saturated rings. The summed E-state index contributed by atoms with van der Waals surface area (Å²) in [4.78, 5) is 42.3. The van der Waals surface area contributed by atoms with E-state index < -0.39 is 103 Å². The Balaban J connectivity index is 1.99. The molecular weight excluding hydrogens is 756 g/mol. The molecule has 3 aliphatic rings. The summed E-state index contributed by atoms with van der Waals surface area (Å²) >= 11 is 0. The molecule has 2 saturated heterocycles. The molecule has 58 heavy (non-hydrogen) atoms. The Hall–Kier alpha value is -2.25. The monoisotopic (exact) mass is 831 g/mol. The minimum absolute atomic E-state index is 0.0170.